The molecule has 5 nitrogen and oxygen atoms in total. The quantitative estimate of drug-likeness (QED) is 0.566. The van der Waals surface area contributed by atoms with E-state index in [0.29, 0.717) is 17.1 Å². The van der Waals surface area contributed by atoms with E-state index in [-0.39, 0.29) is 10.8 Å². The minimum Gasteiger partial charge on any atom is -0.598 e. The van der Waals surface area contributed by atoms with Gasteiger partial charge in [0.1, 0.15) is 16.2 Å². The summed E-state index contributed by atoms with van der Waals surface area (Å²) in [4.78, 5) is 11.6. The molecule has 2 aromatic carbocycles. The topological polar surface area (TPSA) is 70.6 Å². The van der Waals surface area contributed by atoms with Crippen LogP contribution in [-0.4, -0.2) is 28.4 Å². The molecule has 0 aliphatic carbocycles. The van der Waals surface area contributed by atoms with Crippen LogP contribution in [0.2, 0.25) is 0 Å². The molecular formula is C21H27NO4S. The Bertz CT molecular complexity index is 773. The Hall–Kier alpha value is -2.02. The fraction of sp³-hybridized carbons (Fsp3) is 0.381. The Morgan fingerprint density at radius 3 is 2.41 bits per heavy atom. The molecule has 0 radical (unpaired) electrons. The minimum atomic E-state index is -1.11. The summed E-state index contributed by atoms with van der Waals surface area (Å²) in [5.74, 6) is 0.842. The van der Waals surface area contributed by atoms with Crippen molar-refractivity contribution in [2.24, 2.45) is 0 Å². The third-order valence-corrected chi connectivity index (χ3v) is 5.52. The standard InChI is InChI=1S/C21H27NO4S/c1-15(22-27(24)21(2,3)4)12-16-8-6-10-18(13-16)26-19-11-7-9-17(14-19)20(23)25-5/h6-11,13-15,22H,12H2,1-5H3/t15?,27-/m0/s1. The van der Waals surface area contributed by atoms with Crippen molar-refractivity contribution in [1.82, 2.24) is 4.72 Å². The minimum absolute atomic E-state index is 0.0583. The second-order valence-corrected chi connectivity index (χ2v) is 9.37. The van der Waals surface area contributed by atoms with Crippen molar-refractivity contribution in [3.63, 3.8) is 0 Å². The third kappa shape index (κ3) is 6.57. The summed E-state index contributed by atoms with van der Waals surface area (Å²) in [5.41, 5.74) is 1.51. The van der Waals surface area contributed by atoms with Crippen molar-refractivity contribution in [3.05, 3.63) is 59.7 Å². The first kappa shape index (κ1) is 21.3. The summed E-state index contributed by atoms with van der Waals surface area (Å²) >= 11 is -1.11. The molecule has 0 bridgehead atoms. The fourth-order valence-electron chi connectivity index (χ4n) is 2.43. The predicted octanol–water partition coefficient (Wildman–Crippen LogP) is 4.25. The first-order valence-electron chi connectivity index (χ1n) is 8.82. The van der Waals surface area contributed by atoms with Crippen LogP contribution in [-0.2, 0) is 22.5 Å². The number of esters is 1. The van der Waals surface area contributed by atoms with Crippen LogP contribution in [0.15, 0.2) is 48.5 Å². The lowest BCUT2D eigenvalue weighted by molar-refractivity contribution is 0.0600. The zero-order valence-corrected chi connectivity index (χ0v) is 17.3. The molecule has 2 atom stereocenters. The van der Waals surface area contributed by atoms with Gasteiger partial charge in [0.15, 0.2) is 0 Å². The molecule has 27 heavy (non-hydrogen) atoms. The average Bonchev–Trinajstić information content (AvgIpc) is 2.60. The van der Waals surface area contributed by atoms with Crippen LogP contribution in [0, 0.1) is 0 Å². The lowest BCUT2D eigenvalue weighted by Gasteiger charge is -2.26. The first-order valence-corrected chi connectivity index (χ1v) is 9.97. The van der Waals surface area contributed by atoms with E-state index >= 15 is 0 Å². The Labute approximate surface area is 164 Å². The fourth-order valence-corrected chi connectivity index (χ4v) is 3.23. The molecule has 0 aromatic heterocycles. The van der Waals surface area contributed by atoms with Gasteiger partial charge in [-0.1, -0.05) is 18.2 Å². The highest BCUT2D eigenvalue weighted by atomic mass is 32.2. The molecule has 0 fully saturated rings. The number of methoxy groups -OCH3 is 1. The number of rotatable bonds is 7. The number of carbonyl (C=O) groups is 1. The van der Waals surface area contributed by atoms with Crippen LogP contribution in [0.5, 0.6) is 11.5 Å². The summed E-state index contributed by atoms with van der Waals surface area (Å²) < 4.78 is 25.7. The maximum Gasteiger partial charge on any atom is 0.337 e. The maximum atomic E-state index is 12.2. The molecule has 0 aliphatic rings. The number of hydrogen-bond donors (Lipinski definition) is 1. The van der Waals surface area contributed by atoms with Crippen LogP contribution in [0.3, 0.4) is 0 Å². The van der Waals surface area contributed by atoms with E-state index in [9.17, 15) is 9.35 Å². The largest absolute Gasteiger partial charge is 0.598 e. The van der Waals surface area contributed by atoms with Gasteiger partial charge in [0.05, 0.1) is 18.7 Å². The van der Waals surface area contributed by atoms with Gasteiger partial charge in [0, 0.05) is 11.4 Å². The predicted molar refractivity (Wildman–Crippen MR) is 108 cm³/mol. The molecule has 0 aliphatic heterocycles. The molecule has 0 spiro atoms. The van der Waals surface area contributed by atoms with Crippen LogP contribution in [0.25, 0.3) is 0 Å². The Morgan fingerprint density at radius 1 is 1.15 bits per heavy atom. The number of nitrogens with one attached hydrogen (secondary N) is 1. The van der Waals surface area contributed by atoms with E-state index in [1.165, 1.54) is 7.11 Å². The molecule has 146 valence electrons. The highest BCUT2D eigenvalue weighted by Crippen LogP contribution is 2.24. The number of carbonyl (C=O) groups excluding carboxylic acids is 1. The van der Waals surface area contributed by atoms with Crippen molar-refractivity contribution >= 4 is 17.3 Å². The smallest absolute Gasteiger partial charge is 0.337 e. The molecule has 2 aromatic rings. The zero-order chi connectivity index (χ0) is 20.0. The van der Waals surface area contributed by atoms with E-state index in [0.717, 1.165) is 12.0 Å². The lowest BCUT2D eigenvalue weighted by atomic mass is 10.1. The van der Waals surface area contributed by atoms with E-state index in [2.05, 4.69) is 4.72 Å². The molecule has 1 N–H and O–H groups in total. The summed E-state index contributed by atoms with van der Waals surface area (Å²) in [7, 11) is 1.35. The highest BCUT2D eigenvalue weighted by Gasteiger charge is 2.27. The number of ether oxygens (including phenoxy) is 2. The van der Waals surface area contributed by atoms with Crippen molar-refractivity contribution < 1.29 is 18.8 Å². The lowest BCUT2D eigenvalue weighted by Crippen LogP contribution is -2.44. The van der Waals surface area contributed by atoms with Gasteiger partial charge in [-0.2, -0.15) is 0 Å². The maximum absolute atomic E-state index is 12.2. The monoisotopic (exact) mass is 389 g/mol. The highest BCUT2D eigenvalue weighted by molar-refractivity contribution is 7.90. The van der Waals surface area contributed by atoms with Gasteiger partial charge < -0.3 is 14.0 Å². The van der Waals surface area contributed by atoms with Crippen LogP contribution < -0.4 is 9.46 Å². The molecule has 6 heteroatoms. The van der Waals surface area contributed by atoms with Gasteiger partial charge in [-0.3, -0.25) is 0 Å². The molecular weight excluding hydrogens is 362 g/mol. The molecule has 0 saturated heterocycles. The van der Waals surface area contributed by atoms with Gasteiger partial charge in [-0.25, -0.2) is 4.79 Å². The SMILES string of the molecule is COC(=O)c1cccc(Oc2cccc(CC(C)N[S@@+]([O-])C(C)(C)C)c2)c1. The van der Waals surface area contributed by atoms with Crippen LogP contribution >= 0.6 is 0 Å². The van der Waals surface area contributed by atoms with Crippen molar-refractivity contribution in [2.75, 3.05) is 7.11 Å². The Kier molecular flexibility index (Phi) is 7.30. The zero-order valence-electron chi connectivity index (χ0n) is 16.4. The van der Waals surface area contributed by atoms with Crippen molar-refractivity contribution in [2.45, 2.75) is 44.9 Å². The molecule has 2 rings (SSSR count). The van der Waals surface area contributed by atoms with Gasteiger partial charge in [0.25, 0.3) is 0 Å². The number of benzene rings is 2. The Morgan fingerprint density at radius 2 is 1.78 bits per heavy atom. The van der Waals surface area contributed by atoms with Crippen molar-refractivity contribution in [3.8, 4) is 11.5 Å². The van der Waals surface area contributed by atoms with E-state index in [1.54, 1.807) is 24.3 Å². The summed E-state index contributed by atoms with van der Waals surface area (Å²) in [5, 5.41) is 0. The van der Waals surface area contributed by atoms with Crippen molar-refractivity contribution in [1.29, 1.82) is 0 Å². The van der Waals surface area contributed by atoms with Crippen LogP contribution in [0.1, 0.15) is 43.6 Å². The molecule has 0 amide bonds. The number of hydrogen-bond acceptors (Lipinski definition) is 5. The summed E-state index contributed by atoms with van der Waals surface area (Å²) in [6.45, 7) is 7.84. The molecule has 0 saturated carbocycles. The van der Waals surface area contributed by atoms with Gasteiger partial charge in [0.2, 0.25) is 0 Å². The van der Waals surface area contributed by atoms with E-state index in [4.69, 9.17) is 9.47 Å². The average molecular weight is 390 g/mol. The van der Waals surface area contributed by atoms with Gasteiger partial charge >= 0.3 is 5.97 Å². The third-order valence-electron chi connectivity index (χ3n) is 3.80. The normalized spacial score (nSPS) is 13.7. The summed E-state index contributed by atoms with van der Waals surface area (Å²) in [6.07, 6.45) is 0.723. The van der Waals surface area contributed by atoms with E-state index in [1.807, 2.05) is 52.0 Å². The molecule has 0 heterocycles. The molecule has 1 unspecified atom stereocenters. The first-order chi connectivity index (χ1) is 12.7. The van der Waals surface area contributed by atoms with Crippen LogP contribution in [0.4, 0.5) is 0 Å². The van der Waals surface area contributed by atoms with Gasteiger partial charge in [-0.15, -0.1) is 4.72 Å². The van der Waals surface area contributed by atoms with E-state index < -0.39 is 17.3 Å². The summed E-state index contributed by atoms with van der Waals surface area (Å²) in [6, 6.07) is 14.7. The second kappa shape index (κ2) is 9.26. The second-order valence-electron chi connectivity index (χ2n) is 7.37. The van der Waals surface area contributed by atoms with Gasteiger partial charge in [-0.05, 0) is 70.0 Å². The Balaban J connectivity index is 2.04.